The van der Waals surface area contributed by atoms with Crippen molar-refractivity contribution < 1.29 is 9.84 Å². The second-order valence-corrected chi connectivity index (χ2v) is 9.36. The molecule has 0 fully saturated rings. The highest BCUT2D eigenvalue weighted by Gasteiger charge is 2.19. The molecule has 0 amide bonds. The number of thiophene rings is 1. The van der Waals surface area contributed by atoms with Gasteiger partial charge in [0.15, 0.2) is 5.16 Å². The number of fused-ring (bicyclic) bond motifs is 1. The number of aryl methyl sites for hydroxylation is 3. The standard InChI is InChI=1S/C21H26N2O3S2/c1-12(2)23-20(25)18-14(4)15(5)28-19(18)22-21(23)27-11-16(24)10-26-17-9-7-6-8-13(17)3/h6-9,12,16,24H,10-11H2,1-5H3/t16-/m0/s1. The van der Waals surface area contributed by atoms with Crippen molar-refractivity contribution in [2.24, 2.45) is 0 Å². The molecule has 1 atom stereocenters. The summed E-state index contributed by atoms with van der Waals surface area (Å²) in [6.07, 6.45) is -0.662. The fourth-order valence-corrected chi connectivity index (χ4v) is 5.07. The molecule has 3 aromatic rings. The van der Waals surface area contributed by atoms with E-state index in [2.05, 4.69) is 0 Å². The number of thioether (sulfide) groups is 1. The van der Waals surface area contributed by atoms with Crippen LogP contribution in [0.2, 0.25) is 0 Å². The summed E-state index contributed by atoms with van der Waals surface area (Å²) in [6.45, 7) is 10.1. The van der Waals surface area contributed by atoms with Gasteiger partial charge < -0.3 is 9.84 Å². The third-order valence-corrected chi connectivity index (χ3v) is 6.85. The van der Waals surface area contributed by atoms with Crippen molar-refractivity contribution in [1.82, 2.24) is 9.55 Å². The van der Waals surface area contributed by atoms with Gasteiger partial charge in [0, 0.05) is 16.7 Å². The zero-order valence-corrected chi connectivity index (χ0v) is 18.5. The summed E-state index contributed by atoms with van der Waals surface area (Å²) >= 11 is 2.94. The van der Waals surface area contributed by atoms with Gasteiger partial charge in [0.2, 0.25) is 0 Å². The largest absolute Gasteiger partial charge is 0.491 e. The lowest BCUT2D eigenvalue weighted by molar-refractivity contribution is 0.126. The van der Waals surface area contributed by atoms with Crippen molar-refractivity contribution in [3.63, 3.8) is 0 Å². The van der Waals surface area contributed by atoms with Crippen LogP contribution in [-0.4, -0.2) is 33.1 Å². The molecule has 0 aliphatic carbocycles. The number of ether oxygens (including phenoxy) is 1. The van der Waals surface area contributed by atoms with Crippen molar-refractivity contribution >= 4 is 33.3 Å². The summed E-state index contributed by atoms with van der Waals surface area (Å²) in [6, 6.07) is 7.72. The lowest BCUT2D eigenvalue weighted by Crippen LogP contribution is -2.26. The number of hydrogen-bond acceptors (Lipinski definition) is 6. The predicted octanol–water partition coefficient (Wildman–Crippen LogP) is 4.50. The van der Waals surface area contributed by atoms with Gasteiger partial charge in [-0.05, 0) is 51.8 Å². The Labute approximate surface area is 173 Å². The molecule has 150 valence electrons. The van der Waals surface area contributed by atoms with Gasteiger partial charge in [-0.15, -0.1) is 11.3 Å². The van der Waals surface area contributed by atoms with E-state index in [-0.39, 0.29) is 18.2 Å². The van der Waals surface area contributed by atoms with E-state index in [1.165, 1.54) is 11.8 Å². The highest BCUT2D eigenvalue weighted by molar-refractivity contribution is 7.99. The van der Waals surface area contributed by atoms with Crippen LogP contribution < -0.4 is 10.3 Å². The smallest absolute Gasteiger partial charge is 0.263 e. The molecule has 0 spiro atoms. The van der Waals surface area contributed by atoms with E-state index in [4.69, 9.17) is 9.72 Å². The SMILES string of the molecule is Cc1ccccc1OC[C@H](O)CSc1nc2sc(C)c(C)c2c(=O)n1C(C)C. The Morgan fingerprint density at radius 1 is 1.25 bits per heavy atom. The molecule has 0 bridgehead atoms. The van der Waals surface area contributed by atoms with E-state index in [1.807, 2.05) is 58.9 Å². The first-order chi connectivity index (χ1) is 13.3. The summed E-state index contributed by atoms with van der Waals surface area (Å²) in [4.78, 5) is 19.7. The number of benzene rings is 1. The van der Waals surface area contributed by atoms with Crippen LogP contribution in [0.5, 0.6) is 5.75 Å². The molecule has 2 heterocycles. The minimum Gasteiger partial charge on any atom is -0.491 e. The van der Waals surface area contributed by atoms with Gasteiger partial charge in [-0.25, -0.2) is 4.98 Å². The van der Waals surface area contributed by atoms with E-state index in [0.29, 0.717) is 16.3 Å². The Bertz CT molecular complexity index is 1040. The average Bonchev–Trinajstić information content (AvgIpc) is 2.93. The fraction of sp³-hybridized carbons (Fsp3) is 0.429. The molecule has 0 unspecified atom stereocenters. The fourth-order valence-electron chi connectivity index (χ4n) is 2.97. The molecular formula is C21H26N2O3S2. The first kappa shape index (κ1) is 20.9. The topological polar surface area (TPSA) is 64.3 Å². The number of aliphatic hydroxyl groups excluding tert-OH is 1. The maximum absolute atomic E-state index is 13.0. The van der Waals surface area contributed by atoms with Gasteiger partial charge in [-0.2, -0.15) is 0 Å². The van der Waals surface area contributed by atoms with Crippen LogP contribution >= 0.6 is 23.1 Å². The Morgan fingerprint density at radius 2 is 1.96 bits per heavy atom. The van der Waals surface area contributed by atoms with Crippen molar-refractivity contribution in [3.8, 4) is 5.75 Å². The number of para-hydroxylation sites is 1. The van der Waals surface area contributed by atoms with Crippen LogP contribution in [0.1, 0.15) is 35.9 Å². The highest BCUT2D eigenvalue weighted by atomic mass is 32.2. The maximum atomic E-state index is 13.0. The molecule has 5 nitrogen and oxygen atoms in total. The van der Waals surface area contributed by atoms with Crippen LogP contribution in [-0.2, 0) is 0 Å². The van der Waals surface area contributed by atoms with Crippen molar-refractivity contribution in [2.75, 3.05) is 12.4 Å². The summed E-state index contributed by atoms with van der Waals surface area (Å²) in [7, 11) is 0. The number of nitrogens with zero attached hydrogens (tertiary/aromatic N) is 2. The summed E-state index contributed by atoms with van der Waals surface area (Å²) in [5.41, 5.74) is 2.04. The van der Waals surface area contributed by atoms with Gasteiger partial charge in [-0.3, -0.25) is 9.36 Å². The zero-order chi connectivity index (χ0) is 20.4. The van der Waals surface area contributed by atoms with Gasteiger partial charge in [0.05, 0.1) is 11.5 Å². The second kappa shape index (κ2) is 8.68. The van der Waals surface area contributed by atoms with Crippen molar-refractivity contribution in [2.45, 2.75) is 51.9 Å². The third kappa shape index (κ3) is 4.26. The molecular weight excluding hydrogens is 392 g/mol. The first-order valence-corrected chi connectivity index (χ1v) is 11.1. The minimum absolute atomic E-state index is 0.00463. The Balaban J connectivity index is 1.77. The number of aromatic nitrogens is 2. The molecule has 1 aromatic carbocycles. The third-order valence-electron chi connectivity index (χ3n) is 4.65. The van der Waals surface area contributed by atoms with Gasteiger partial charge in [0.25, 0.3) is 5.56 Å². The number of aliphatic hydroxyl groups is 1. The molecule has 0 saturated heterocycles. The molecule has 7 heteroatoms. The lowest BCUT2D eigenvalue weighted by Gasteiger charge is -2.17. The monoisotopic (exact) mass is 418 g/mol. The molecule has 28 heavy (non-hydrogen) atoms. The minimum atomic E-state index is -0.662. The molecule has 0 aliphatic heterocycles. The molecule has 1 N–H and O–H groups in total. The summed E-state index contributed by atoms with van der Waals surface area (Å²) < 4.78 is 7.45. The maximum Gasteiger partial charge on any atom is 0.263 e. The van der Waals surface area contributed by atoms with Crippen LogP contribution in [0.4, 0.5) is 0 Å². The molecule has 0 aliphatic rings. The summed E-state index contributed by atoms with van der Waals surface area (Å²) in [5.74, 6) is 1.18. The van der Waals surface area contributed by atoms with E-state index in [0.717, 1.165) is 26.6 Å². The van der Waals surface area contributed by atoms with Gasteiger partial charge >= 0.3 is 0 Å². The van der Waals surface area contributed by atoms with E-state index < -0.39 is 6.10 Å². The van der Waals surface area contributed by atoms with Crippen LogP contribution in [0.3, 0.4) is 0 Å². The lowest BCUT2D eigenvalue weighted by atomic mass is 10.2. The van der Waals surface area contributed by atoms with E-state index in [1.54, 1.807) is 15.9 Å². The average molecular weight is 419 g/mol. The molecule has 0 radical (unpaired) electrons. The Hall–Kier alpha value is -1.83. The van der Waals surface area contributed by atoms with Crippen LogP contribution in [0, 0.1) is 20.8 Å². The molecule has 3 rings (SSSR count). The first-order valence-electron chi connectivity index (χ1n) is 9.31. The second-order valence-electron chi connectivity index (χ2n) is 7.17. The molecule has 0 saturated carbocycles. The normalized spacial score (nSPS) is 12.7. The Kier molecular flexibility index (Phi) is 6.47. The quantitative estimate of drug-likeness (QED) is 0.452. The predicted molar refractivity (Wildman–Crippen MR) is 117 cm³/mol. The number of rotatable bonds is 7. The Morgan fingerprint density at radius 3 is 2.64 bits per heavy atom. The van der Waals surface area contributed by atoms with Crippen molar-refractivity contribution in [3.05, 3.63) is 50.6 Å². The van der Waals surface area contributed by atoms with Gasteiger partial charge in [0.1, 0.15) is 17.2 Å². The van der Waals surface area contributed by atoms with E-state index >= 15 is 0 Å². The van der Waals surface area contributed by atoms with Crippen LogP contribution in [0.25, 0.3) is 10.2 Å². The van der Waals surface area contributed by atoms with Crippen LogP contribution in [0.15, 0.2) is 34.2 Å². The highest BCUT2D eigenvalue weighted by Crippen LogP contribution is 2.29. The number of hydrogen-bond donors (Lipinski definition) is 1. The van der Waals surface area contributed by atoms with E-state index in [9.17, 15) is 9.90 Å². The van der Waals surface area contributed by atoms with Gasteiger partial charge in [-0.1, -0.05) is 30.0 Å². The zero-order valence-electron chi connectivity index (χ0n) is 16.9. The van der Waals surface area contributed by atoms with Crippen molar-refractivity contribution in [1.29, 1.82) is 0 Å². The summed E-state index contributed by atoms with van der Waals surface area (Å²) in [5, 5.41) is 11.7. The molecule has 2 aromatic heterocycles.